The standard InChI is InChI=1S/C18H29BrN2/c1-14(2)11-20-12-16-8-9-17(19)10-18(16)21(3)13-15-6-4-5-7-15/h8-10,14-15,20H,4-7,11-13H2,1-3H3. The highest BCUT2D eigenvalue weighted by molar-refractivity contribution is 9.10. The highest BCUT2D eigenvalue weighted by Crippen LogP contribution is 2.29. The number of rotatable bonds is 7. The molecular formula is C18H29BrN2. The quantitative estimate of drug-likeness (QED) is 0.756. The van der Waals surface area contributed by atoms with E-state index in [1.165, 1.54) is 48.0 Å². The van der Waals surface area contributed by atoms with Crippen molar-refractivity contribution < 1.29 is 0 Å². The van der Waals surface area contributed by atoms with Gasteiger partial charge >= 0.3 is 0 Å². The van der Waals surface area contributed by atoms with E-state index in [4.69, 9.17) is 0 Å². The molecule has 2 rings (SSSR count). The molecule has 1 fully saturated rings. The number of nitrogens with one attached hydrogen (secondary N) is 1. The van der Waals surface area contributed by atoms with Crippen LogP contribution in [-0.4, -0.2) is 20.1 Å². The van der Waals surface area contributed by atoms with Crippen molar-refractivity contribution in [1.82, 2.24) is 5.32 Å². The smallest absolute Gasteiger partial charge is 0.0420 e. The zero-order valence-corrected chi connectivity index (χ0v) is 15.2. The summed E-state index contributed by atoms with van der Waals surface area (Å²) in [6.45, 7) is 7.72. The number of benzene rings is 1. The first-order valence-corrected chi connectivity index (χ1v) is 9.06. The second-order valence-corrected chi connectivity index (χ2v) is 7.74. The van der Waals surface area contributed by atoms with Crippen molar-refractivity contribution in [2.24, 2.45) is 11.8 Å². The van der Waals surface area contributed by atoms with E-state index in [1.807, 2.05) is 0 Å². The van der Waals surface area contributed by atoms with Gasteiger partial charge in [-0.05, 0) is 48.9 Å². The Balaban J connectivity index is 2.02. The number of hydrogen-bond acceptors (Lipinski definition) is 2. The molecule has 0 unspecified atom stereocenters. The summed E-state index contributed by atoms with van der Waals surface area (Å²) in [5.74, 6) is 1.57. The van der Waals surface area contributed by atoms with E-state index in [0.29, 0.717) is 5.92 Å². The van der Waals surface area contributed by atoms with E-state index < -0.39 is 0 Å². The Labute approximate surface area is 138 Å². The molecule has 2 nitrogen and oxygen atoms in total. The van der Waals surface area contributed by atoms with E-state index in [0.717, 1.165) is 19.0 Å². The van der Waals surface area contributed by atoms with E-state index in [-0.39, 0.29) is 0 Å². The van der Waals surface area contributed by atoms with Gasteiger partial charge < -0.3 is 10.2 Å². The summed E-state index contributed by atoms with van der Waals surface area (Å²) in [5, 5.41) is 3.57. The van der Waals surface area contributed by atoms with Gasteiger partial charge in [0.15, 0.2) is 0 Å². The minimum atomic E-state index is 0.695. The van der Waals surface area contributed by atoms with Crippen molar-refractivity contribution in [1.29, 1.82) is 0 Å². The number of anilines is 1. The first kappa shape index (κ1) is 16.8. The molecule has 0 atom stereocenters. The molecule has 3 heteroatoms. The Bertz CT molecular complexity index is 439. The molecule has 1 saturated carbocycles. The van der Waals surface area contributed by atoms with E-state index in [9.17, 15) is 0 Å². The zero-order valence-electron chi connectivity index (χ0n) is 13.7. The lowest BCUT2D eigenvalue weighted by Crippen LogP contribution is -2.26. The number of nitrogens with zero attached hydrogens (tertiary/aromatic N) is 1. The Morgan fingerprint density at radius 1 is 1.29 bits per heavy atom. The molecule has 1 aliphatic rings. The molecule has 1 N–H and O–H groups in total. The third kappa shape index (κ3) is 5.30. The van der Waals surface area contributed by atoms with E-state index >= 15 is 0 Å². The fourth-order valence-corrected chi connectivity index (χ4v) is 3.56. The highest BCUT2D eigenvalue weighted by atomic mass is 79.9. The second-order valence-electron chi connectivity index (χ2n) is 6.83. The summed E-state index contributed by atoms with van der Waals surface area (Å²) in [6.07, 6.45) is 5.64. The fourth-order valence-electron chi connectivity index (χ4n) is 3.22. The molecule has 0 aliphatic heterocycles. The highest BCUT2D eigenvalue weighted by Gasteiger charge is 2.18. The van der Waals surface area contributed by atoms with Crippen LogP contribution in [0.3, 0.4) is 0 Å². The molecule has 0 amide bonds. The minimum absolute atomic E-state index is 0.695. The van der Waals surface area contributed by atoms with Gasteiger partial charge in [0.25, 0.3) is 0 Å². The van der Waals surface area contributed by atoms with Crippen LogP contribution in [0.4, 0.5) is 5.69 Å². The maximum absolute atomic E-state index is 3.62. The van der Waals surface area contributed by atoms with Crippen LogP contribution in [0.15, 0.2) is 22.7 Å². The molecule has 0 bridgehead atoms. The zero-order chi connectivity index (χ0) is 15.2. The summed E-state index contributed by atoms with van der Waals surface area (Å²) >= 11 is 3.62. The third-order valence-corrected chi connectivity index (χ3v) is 4.83. The Morgan fingerprint density at radius 2 is 2.00 bits per heavy atom. The van der Waals surface area contributed by atoms with Crippen LogP contribution in [0.2, 0.25) is 0 Å². The molecule has 1 aromatic carbocycles. The molecule has 118 valence electrons. The summed E-state index contributed by atoms with van der Waals surface area (Å²) in [7, 11) is 2.24. The van der Waals surface area contributed by atoms with Crippen molar-refractivity contribution in [2.45, 2.75) is 46.1 Å². The average molecular weight is 353 g/mol. The minimum Gasteiger partial charge on any atom is -0.374 e. The lowest BCUT2D eigenvalue weighted by molar-refractivity contribution is 0.540. The Morgan fingerprint density at radius 3 is 2.67 bits per heavy atom. The van der Waals surface area contributed by atoms with Crippen LogP contribution < -0.4 is 10.2 Å². The van der Waals surface area contributed by atoms with Crippen molar-refractivity contribution in [2.75, 3.05) is 25.0 Å². The van der Waals surface area contributed by atoms with Crippen molar-refractivity contribution in [3.8, 4) is 0 Å². The van der Waals surface area contributed by atoms with Gasteiger partial charge in [-0.15, -0.1) is 0 Å². The number of halogens is 1. The van der Waals surface area contributed by atoms with Crippen molar-refractivity contribution >= 4 is 21.6 Å². The molecule has 1 aliphatic carbocycles. The van der Waals surface area contributed by atoms with E-state index in [2.05, 4.69) is 65.2 Å². The third-order valence-electron chi connectivity index (χ3n) is 4.33. The SMILES string of the molecule is CC(C)CNCc1ccc(Br)cc1N(C)CC1CCCC1. The normalized spacial score (nSPS) is 15.9. The van der Waals surface area contributed by atoms with Gasteiger partial charge in [-0.25, -0.2) is 0 Å². The first-order chi connectivity index (χ1) is 10.1. The fraction of sp³-hybridized carbons (Fsp3) is 0.667. The molecule has 1 aromatic rings. The van der Waals surface area contributed by atoms with Crippen LogP contribution in [0.1, 0.15) is 45.1 Å². The van der Waals surface area contributed by atoms with Crippen LogP contribution in [-0.2, 0) is 6.54 Å². The monoisotopic (exact) mass is 352 g/mol. The summed E-state index contributed by atoms with van der Waals surface area (Å²) in [6, 6.07) is 6.67. The predicted octanol–water partition coefficient (Wildman–Crippen LogP) is 4.82. The van der Waals surface area contributed by atoms with Crippen LogP contribution in [0.5, 0.6) is 0 Å². The molecule has 21 heavy (non-hydrogen) atoms. The van der Waals surface area contributed by atoms with Crippen molar-refractivity contribution in [3.05, 3.63) is 28.2 Å². The topological polar surface area (TPSA) is 15.3 Å². The maximum Gasteiger partial charge on any atom is 0.0420 e. The largest absolute Gasteiger partial charge is 0.374 e. The average Bonchev–Trinajstić information content (AvgIpc) is 2.92. The Hall–Kier alpha value is -0.540. The molecular weight excluding hydrogens is 324 g/mol. The lowest BCUT2D eigenvalue weighted by atomic mass is 10.1. The van der Waals surface area contributed by atoms with Gasteiger partial charge in [-0.2, -0.15) is 0 Å². The molecule has 0 saturated heterocycles. The van der Waals surface area contributed by atoms with Gasteiger partial charge in [0, 0.05) is 30.3 Å². The van der Waals surface area contributed by atoms with Gasteiger partial charge in [-0.1, -0.05) is 48.7 Å². The molecule has 0 aromatic heterocycles. The van der Waals surface area contributed by atoms with E-state index in [1.54, 1.807) is 0 Å². The van der Waals surface area contributed by atoms with Gasteiger partial charge in [-0.3, -0.25) is 0 Å². The van der Waals surface area contributed by atoms with Gasteiger partial charge in [0.05, 0.1) is 0 Å². The lowest BCUT2D eigenvalue weighted by Gasteiger charge is -2.26. The summed E-state index contributed by atoms with van der Waals surface area (Å²) in [5.41, 5.74) is 2.77. The van der Waals surface area contributed by atoms with Crippen molar-refractivity contribution in [3.63, 3.8) is 0 Å². The molecule has 0 heterocycles. The van der Waals surface area contributed by atoms with Gasteiger partial charge in [0.2, 0.25) is 0 Å². The van der Waals surface area contributed by atoms with Crippen LogP contribution in [0, 0.1) is 11.8 Å². The molecule has 0 spiro atoms. The van der Waals surface area contributed by atoms with Crippen LogP contribution in [0.25, 0.3) is 0 Å². The predicted molar refractivity (Wildman–Crippen MR) is 95.9 cm³/mol. The summed E-state index contributed by atoms with van der Waals surface area (Å²) in [4.78, 5) is 2.45. The second kappa shape index (κ2) is 8.19. The van der Waals surface area contributed by atoms with Gasteiger partial charge in [0.1, 0.15) is 0 Å². The molecule has 0 radical (unpaired) electrons. The Kier molecular flexibility index (Phi) is 6.56. The maximum atomic E-state index is 3.62. The number of hydrogen-bond donors (Lipinski definition) is 1. The van der Waals surface area contributed by atoms with Crippen LogP contribution >= 0.6 is 15.9 Å². The summed E-state index contributed by atoms with van der Waals surface area (Å²) < 4.78 is 1.17. The first-order valence-electron chi connectivity index (χ1n) is 8.26.